The first kappa shape index (κ1) is 38.6. The van der Waals surface area contributed by atoms with Crippen molar-refractivity contribution in [1.29, 1.82) is 0 Å². The van der Waals surface area contributed by atoms with Crippen LogP contribution in [0.1, 0.15) is 87.5 Å². The number of rotatable bonds is 9. The zero-order valence-corrected chi connectivity index (χ0v) is 29.1. The largest absolute Gasteiger partial charge is 0.483 e. The zero-order chi connectivity index (χ0) is 34.2. The van der Waals surface area contributed by atoms with Crippen LogP contribution in [0.25, 0.3) is 0 Å². The highest BCUT2D eigenvalue weighted by molar-refractivity contribution is 8.13. The highest BCUT2D eigenvalue weighted by atomic mass is 32.2. The molecule has 0 heterocycles. The first-order chi connectivity index (χ1) is 21.2. The second kappa shape index (κ2) is 16.3. The Bertz CT molecular complexity index is 1210. The molecule has 0 spiro atoms. The van der Waals surface area contributed by atoms with Gasteiger partial charge in [0.05, 0.1) is 6.61 Å². The first-order valence-corrected chi connectivity index (χ1v) is 17.2. The topological polar surface area (TPSA) is 86.7 Å². The van der Waals surface area contributed by atoms with Crippen LogP contribution in [0.15, 0.2) is 48.3 Å². The zero-order valence-electron chi connectivity index (χ0n) is 28.3. The van der Waals surface area contributed by atoms with E-state index in [1.165, 1.54) is 23.9 Å². The fraction of sp³-hybridized carbons (Fsp3) is 0.667. The van der Waals surface area contributed by atoms with E-state index in [0.717, 1.165) is 0 Å². The summed E-state index contributed by atoms with van der Waals surface area (Å²) in [6.07, 6.45) is 8.63. The van der Waals surface area contributed by atoms with Gasteiger partial charge in [0.1, 0.15) is 24.2 Å². The van der Waals surface area contributed by atoms with Crippen LogP contribution in [0.4, 0.5) is 8.78 Å². The molecule has 0 N–H and O–H groups in total. The number of ketones is 2. The van der Waals surface area contributed by atoms with Gasteiger partial charge in [-0.05, 0) is 88.0 Å². The van der Waals surface area contributed by atoms with Gasteiger partial charge in [0, 0.05) is 29.4 Å². The van der Waals surface area contributed by atoms with Gasteiger partial charge in [-0.2, -0.15) is 0 Å². The van der Waals surface area contributed by atoms with Gasteiger partial charge in [-0.25, -0.2) is 13.6 Å². The summed E-state index contributed by atoms with van der Waals surface area (Å²) < 4.78 is 42.6. The van der Waals surface area contributed by atoms with Crippen molar-refractivity contribution < 1.29 is 37.4 Å². The number of hydrogen-bond acceptors (Lipinski definition) is 7. The van der Waals surface area contributed by atoms with E-state index in [1.54, 1.807) is 32.9 Å². The molecule has 4 rings (SSSR count). The molecule has 252 valence electrons. The predicted octanol–water partition coefficient (Wildman–Crippen LogP) is 8.12. The van der Waals surface area contributed by atoms with Crippen LogP contribution in [0.3, 0.4) is 0 Å². The van der Waals surface area contributed by atoms with Crippen LogP contribution >= 0.6 is 11.8 Å². The summed E-state index contributed by atoms with van der Waals surface area (Å²) in [6.45, 7) is 18.9. The Kier molecular flexibility index (Phi) is 14.0. The average molecular weight is 651 g/mol. The number of Topliss-reactive ketones (excluding diaryl/α,β-unsaturated/α-hetero) is 1. The molecule has 4 aliphatic carbocycles. The fourth-order valence-corrected chi connectivity index (χ4v) is 8.80. The molecule has 0 aromatic carbocycles. The van der Waals surface area contributed by atoms with Crippen LogP contribution in [0.2, 0.25) is 0 Å². The number of carbonyl (C=O) groups is 4. The number of halogens is 2. The number of fused-ring (bicyclic) bond motifs is 5. The van der Waals surface area contributed by atoms with Crippen molar-refractivity contribution in [2.45, 2.75) is 99.3 Å². The Balaban J connectivity index is 0.000000917. The minimum Gasteiger partial charge on any atom is -0.483 e. The van der Waals surface area contributed by atoms with Gasteiger partial charge in [0.25, 0.3) is 0 Å². The summed E-state index contributed by atoms with van der Waals surface area (Å²) in [5, 5.41) is 0.0814. The molecule has 6 nitrogen and oxygen atoms in total. The molecule has 9 heteroatoms. The molecule has 45 heavy (non-hydrogen) atoms. The summed E-state index contributed by atoms with van der Waals surface area (Å²) in [5.41, 5.74) is -2.93. The lowest BCUT2D eigenvalue weighted by Crippen LogP contribution is -2.62. The third-order valence-electron chi connectivity index (χ3n) is 10.1. The highest BCUT2D eigenvalue weighted by Gasteiger charge is 2.69. The monoisotopic (exact) mass is 650 g/mol. The van der Waals surface area contributed by atoms with E-state index >= 15 is 8.78 Å². The van der Waals surface area contributed by atoms with E-state index in [0.29, 0.717) is 25.0 Å². The fourth-order valence-electron chi connectivity index (χ4n) is 7.72. The summed E-state index contributed by atoms with van der Waals surface area (Å²) in [4.78, 5) is 46.7. The lowest BCUT2D eigenvalue weighted by Gasteiger charge is -2.60. The lowest BCUT2D eigenvalue weighted by molar-refractivity contribution is -0.144. The molecule has 5 unspecified atom stereocenters. The van der Waals surface area contributed by atoms with Crippen LogP contribution in [0.5, 0.6) is 0 Å². The molecular formula is C36H52F2O6S. The number of esters is 1. The van der Waals surface area contributed by atoms with E-state index in [9.17, 15) is 19.2 Å². The number of thioether (sulfide) groups is 1. The number of hydrogen-bond donors (Lipinski definition) is 0. The third-order valence-corrected chi connectivity index (χ3v) is 11.0. The van der Waals surface area contributed by atoms with Crippen LogP contribution < -0.4 is 0 Å². The van der Waals surface area contributed by atoms with E-state index in [-0.39, 0.29) is 71.8 Å². The van der Waals surface area contributed by atoms with Gasteiger partial charge >= 0.3 is 5.97 Å². The lowest BCUT2D eigenvalue weighted by atomic mass is 9.46. The van der Waals surface area contributed by atoms with Gasteiger partial charge in [-0.1, -0.05) is 64.6 Å². The maximum absolute atomic E-state index is 17.1. The molecule has 0 bridgehead atoms. The van der Waals surface area contributed by atoms with Gasteiger partial charge in [-0.15, -0.1) is 0 Å². The maximum atomic E-state index is 17.1. The summed E-state index contributed by atoms with van der Waals surface area (Å²) in [6, 6.07) is 0. The smallest absolute Gasteiger partial charge is 0.372 e. The molecule has 3 saturated carbocycles. The average Bonchev–Trinajstić information content (AvgIpc) is 3.28. The Morgan fingerprint density at radius 3 is 2.33 bits per heavy atom. The Morgan fingerprint density at radius 1 is 1.09 bits per heavy atom. The molecule has 4 aliphatic rings. The molecular weight excluding hydrogens is 598 g/mol. The van der Waals surface area contributed by atoms with Crippen LogP contribution in [0, 0.1) is 34.5 Å². The summed E-state index contributed by atoms with van der Waals surface area (Å²) in [5.74, 6) is -1.02. The van der Waals surface area contributed by atoms with Crippen molar-refractivity contribution in [2.24, 2.45) is 34.5 Å². The molecule has 0 aromatic heterocycles. The number of ether oxygens (including phenoxy) is 2. The van der Waals surface area contributed by atoms with Crippen molar-refractivity contribution in [1.82, 2.24) is 0 Å². The molecule has 0 amide bonds. The van der Waals surface area contributed by atoms with Crippen molar-refractivity contribution in [3.63, 3.8) is 0 Å². The molecule has 0 aromatic rings. The molecule has 0 saturated heterocycles. The Labute approximate surface area is 272 Å². The second-order valence-corrected chi connectivity index (χ2v) is 13.6. The van der Waals surface area contributed by atoms with Gasteiger partial charge in [-0.3, -0.25) is 9.59 Å². The van der Waals surface area contributed by atoms with Gasteiger partial charge < -0.3 is 14.3 Å². The van der Waals surface area contributed by atoms with Crippen molar-refractivity contribution in [2.75, 3.05) is 19.0 Å². The maximum Gasteiger partial charge on any atom is 0.372 e. The predicted molar refractivity (Wildman–Crippen MR) is 176 cm³/mol. The highest BCUT2D eigenvalue weighted by Crippen LogP contribution is 2.70. The van der Waals surface area contributed by atoms with Crippen molar-refractivity contribution in [3.8, 4) is 0 Å². The molecule has 0 aliphatic heterocycles. The minimum absolute atomic E-state index is 0.0555. The number of alkyl halides is 2. The van der Waals surface area contributed by atoms with Crippen molar-refractivity contribution >= 4 is 34.4 Å². The van der Waals surface area contributed by atoms with Crippen LogP contribution in [-0.2, 0) is 28.7 Å². The Hall–Kier alpha value is -2.55. The summed E-state index contributed by atoms with van der Waals surface area (Å²) >= 11 is 1.23. The number of carbonyl (C=O) groups excluding carboxylic acids is 4. The second-order valence-electron chi connectivity index (χ2n) is 12.6. The van der Waals surface area contributed by atoms with Crippen molar-refractivity contribution in [3.05, 3.63) is 48.3 Å². The summed E-state index contributed by atoms with van der Waals surface area (Å²) in [7, 11) is 0. The molecule has 0 radical (unpaired) electrons. The number of allylic oxidation sites excluding steroid dienone is 4. The van der Waals surface area contributed by atoms with E-state index in [2.05, 4.69) is 20.4 Å². The third kappa shape index (κ3) is 8.06. The first-order valence-electron chi connectivity index (χ1n) is 16.2. The van der Waals surface area contributed by atoms with Gasteiger partial charge in [0.15, 0.2) is 16.7 Å². The van der Waals surface area contributed by atoms with E-state index in [1.807, 2.05) is 26.8 Å². The minimum atomic E-state index is -1.65. The quantitative estimate of drug-likeness (QED) is 0.108. The normalized spacial score (nSPS) is 34.5. The molecule has 3 fully saturated rings. The van der Waals surface area contributed by atoms with E-state index < -0.39 is 34.6 Å². The SMILES string of the molecule is C=C(OC/C=C/CSC(=O)C1[C@H](C)CC2C3C[C@H](F)C4=CC(=O)C=CC4(C)[C@@]3(F)CCC21C)C(=O)OCC.CC.CCC(C)=O. The Morgan fingerprint density at radius 2 is 1.73 bits per heavy atom. The van der Waals surface area contributed by atoms with E-state index in [4.69, 9.17) is 9.47 Å². The standard InChI is InChI=1S/C30H38F2O5S.C4H8O.C2H6/c1-6-36-26(34)19(3)37-13-7-8-14-38-27(35)25-18(2)15-21-22-17-24(31)23-16-20(33)9-10-29(23,5)30(22,32)12-11-28(21,25)4;1-3-4(2)5;1-2/h7-10,16,18,21-22,24-25H,3,6,11-15,17H2,1-2,4-5H3;3H2,1-2H3;1-2H3/b8-7+;;/t18-,21?,22?,24+,25?,28?,29?,30-;;/m1../s1. The van der Waals surface area contributed by atoms with Gasteiger partial charge in [0.2, 0.25) is 0 Å². The molecule has 8 atom stereocenters. The van der Waals surface area contributed by atoms with Crippen LogP contribution in [-0.4, -0.2) is 53.5 Å².